The molecular formula is C38H42O2S. The summed E-state index contributed by atoms with van der Waals surface area (Å²) in [5, 5.41) is 0. The Bertz CT molecular complexity index is 1520. The molecular weight excluding hydrogens is 520 g/mol. The lowest BCUT2D eigenvalue weighted by molar-refractivity contribution is 0.596. The maximum Gasteiger partial charge on any atom is 0.206 e. The number of allylic oxidation sites excluding steroid dienone is 2. The molecule has 4 aromatic carbocycles. The maximum absolute atomic E-state index is 14.1. The van der Waals surface area contributed by atoms with Gasteiger partial charge in [0.25, 0.3) is 0 Å². The molecule has 0 aromatic heterocycles. The van der Waals surface area contributed by atoms with Crippen LogP contribution in [0.4, 0.5) is 0 Å². The molecule has 0 saturated heterocycles. The molecule has 0 unspecified atom stereocenters. The quantitative estimate of drug-likeness (QED) is 0.161. The summed E-state index contributed by atoms with van der Waals surface area (Å²) in [4.78, 5) is 0.629. The zero-order chi connectivity index (χ0) is 29.2. The summed E-state index contributed by atoms with van der Waals surface area (Å²) in [6.07, 6.45) is 14.9. The molecule has 0 N–H and O–H groups in total. The Labute approximate surface area is 247 Å². The highest BCUT2D eigenvalue weighted by Crippen LogP contribution is 2.34. The lowest BCUT2D eigenvalue weighted by Crippen LogP contribution is -2.04. The standard InChI is InChI=1S/C38H42O2S/c1-5-7-9-11-19-31-27-33(23-25-37(31)35-21-15-13-17-29(35)3)41(39,40)34-24-26-38(36-22-16-14-18-30(36)4)32(28-34)20-12-10-8-6-2/h11-28H,5-10H2,1-4H3. The van der Waals surface area contributed by atoms with E-state index in [1.54, 1.807) is 12.1 Å². The van der Waals surface area contributed by atoms with Crippen LogP contribution in [0.3, 0.4) is 0 Å². The van der Waals surface area contributed by atoms with Crippen molar-refractivity contribution in [3.63, 3.8) is 0 Å². The van der Waals surface area contributed by atoms with Crippen LogP contribution in [0.2, 0.25) is 0 Å². The summed E-state index contributed by atoms with van der Waals surface area (Å²) in [5.41, 5.74) is 8.51. The maximum atomic E-state index is 14.1. The molecule has 0 fully saturated rings. The second kappa shape index (κ2) is 14.3. The van der Waals surface area contributed by atoms with Crippen molar-refractivity contribution in [2.24, 2.45) is 0 Å². The minimum atomic E-state index is -3.74. The largest absolute Gasteiger partial charge is 0.219 e. The molecule has 0 saturated carbocycles. The van der Waals surface area contributed by atoms with Gasteiger partial charge in [-0.15, -0.1) is 0 Å². The summed E-state index contributed by atoms with van der Waals surface area (Å²) in [6, 6.07) is 27.6. The fourth-order valence-electron chi connectivity index (χ4n) is 5.13. The molecule has 0 aliphatic carbocycles. The Kier molecular flexibility index (Phi) is 10.5. The van der Waals surface area contributed by atoms with Crippen molar-refractivity contribution in [3.8, 4) is 22.3 Å². The first-order chi connectivity index (χ1) is 19.9. The summed E-state index contributed by atoms with van der Waals surface area (Å²) in [7, 11) is -3.74. The van der Waals surface area contributed by atoms with E-state index >= 15 is 0 Å². The molecule has 0 bridgehead atoms. The van der Waals surface area contributed by atoms with Crippen LogP contribution >= 0.6 is 0 Å². The number of rotatable bonds is 12. The molecule has 0 spiro atoms. The lowest BCUT2D eigenvalue weighted by atomic mass is 9.95. The number of hydrogen-bond donors (Lipinski definition) is 0. The smallest absolute Gasteiger partial charge is 0.206 e. The first-order valence-electron chi connectivity index (χ1n) is 14.8. The normalized spacial score (nSPS) is 12.0. The number of aryl methyl sites for hydroxylation is 2. The summed E-state index contributed by atoms with van der Waals surface area (Å²) >= 11 is 0. The van der Waals surface area contributed by atoms with Crippen molar-refractivity contribution in [1.29, 1.82) is 0 Å². The average molecular weight is 563 g/mol. The zero-order valence-corrected chi connectivity index (χ0v) is 25.7. The van der Waals surface area contributed by atoms with E-state index in [-0.39, 0.29) is 0 Å². The first-order valence-corrected chi connectivity index (χ1v) is 16.3. The van der Waals surface area contributed by atoms with Crippen molar-refractivity contribution in [2.45, 2.75) is 76.0 Å². The fourth-order valence-corrected chi connectivity index (χ4v) is 6.46. The average Bonchev–Trinajstić information content (AvgIpc) is 2.98. The highest BCUT2D eigenvalue weighted by atomic mass is 32.2. The Morgan fingerprint density at radius 1 is 0.561 bits per heavy atom. The van der Waals surface area contributed by atoms with Gasteiger partial charge in [0.15, 0.2) is 0 Å². The van der Waals surface area contributed by atoms with Crippen LogP contribution in [0.25, 0.3) is 34.4 Å². The summed E-state index contributed by atoms with van der Waals surface area (Å²) in [6.45, 7) is 8.54. The van der Waals surface area contributed by atoms with Crippen LogP contribution in [0, 0.1) is 13.8 Å². The van der Waals surface area contributed by atoms with E-state index in [9.17, 15) is 8.42 Å². The molecule has 41 heavy (non-hydrogen) atoms. The molecule has 4 aromatic rings. The Balaban J connectivity index is 1.81. The topological polar surface area (TPSA) is 34.1 Å². The second-order valence-corrected chi connectivity index (χ2v) is 12.7. The highest BCUT2D eigenvalue weighted by molar-refractivity contribution is 7.91. The van der Waals surface area contributed by atoms with Crippen LogP contribution in [-0.2, 0) is 9.84 Å². The monoisotopic (exact) mass is 562 g/mol. The van der Waals surface area contributed by atoms with Gasteiger partial charge in [0.1, 0.15) is 0 Å². The van der Waals surface area contributed by atoms with Crippen molar-refractivity contribution in [2.75, 3.05) is 0 Å². The van der Waals surface area contributed by atoms with Gasteiger partial charge in [0, 0.05) is 0 Å². The minimum Gasteiger partial charge on any atom is -0.219 e. The molecule has 0 amide bonds. The second-order valence-electron chi connectivity index (χ2n) is 10.7. The number of benzene rings is 4. The molecule has 4 rings (SSSR count). The van der Waals surface area contributed by atoms with Crippen LogP contribution in [0.15, 0.2) is 107 Å². The molecule has 0 radical (unpaired) electrons. The Morgan fingerprint density at radius 2 is 0.976 bits per heavy atom. The fraction of sp³-hybridized carbons (Fsp3) is 0.263. The third-order valence-corrected chi connectivity index (χ3v) is 9.33. The predicted molar refractivity (Wildman–Crippen MR) is 176 cm³/mol. The summed E-state index contributed by atoms with van der Waals surface area (Å²) < 4.78 is 28.1. The third-order valence-electron chi connectivity index (χ3n) is 7.58. The van der Waals surface area contributed by atoms with Crippen LogP contribution in [0.1, 0.15) is 74.6 Å². The molecule has 0 aliphatic rings. The van der Waals surface area contributed by atoms with Gasteiger partial charge in [-0.2, -0.15) is 0 Å². The van der Waals surface area contributed by atoms with Gasteiger partial charge in [-0.05, 0) is 95.5 Å². The zero-order valence-electron chi connectivity index (χ0n) is 24.9. The van der Waals surface area contributed by atoms with E-state index in [0.29, 0.717) is 9.79 Å². The van der Waals surface area contributed by atoms with Gasteiger partial charge in [-0.1, -0.05) is 124 Å². The minimum absolute atomic E-state index is 0.314. The van der Waals surface area contributed by atoms with E-state index in [1.807, 2.05) is 48.5 Å². The van der Waals surface area contributed by atoms with Crippen molar-refractivity contribution >= 4 is 22.0 Å². The van der Waals surface area contributed by atoms with Crippen LogP contribution in [-0.4, -0.2) is 8.42 Å². The number of sulfone groups is 1. The number of unbranched alkanes of at least 4 members (excludes halogenated alkanes) is 4. The van der Waals surface area contributed by atoms with Crippen LogP contribution in [0.5, 0.6) is 0 Å². The molecule has 0 atom stereocenters. The van der Waals surface area contributed by atoms with E-state index in [4.69, 9.17) is 0 Å². The summed E-state index contributed by atoms with van der Waals surface area (Å²) in [5.74, 6) is 0. The van der Waals surface area contributed by atoms with Gasteiger partial charge in [-0.3, -0.25) is 0 Å². The van der Waals surface area contributed by atoms with Crippen molar-refractivity contribution in [1.82, 2.24) is 0 Å². The Morgan fingerprint density at radius 3 is 1.37 bits per heavy atom. The van der Waals surface area contributed by atoms with Crippen LogP contribution < -0.4 is 0 Å². The van der Waals surface area contributed by atoms with Gasteiger partial charge in [0.05, 0.1) is 9.79 Å². The van der Waals surface area contributed by atoms with Gasteiger partial charge in [0.2, 0.25) is 9.84 Å². The molecule has 0 heterocycles. The van der Waals surface area contributed by atoms with E-state index < -0.39 is 9.84 Å². The van der Waals surface area contributed by atoms with E-state index in [1.165, 1.54) is 0 Å². The van der Waals surface area contributed by atoms with E-state index in [0.717, 1.165) is 83.0 Å². The SMILES string of the molecule is CCCCC=Cc1cc(S(=O)(=O)c2ccc(-c3ccccc3C)c(C=CCCCC)c2)ccc1-c1ccccc1C. The molecule has 3 heteroatoms. The molecule has 212 valence electrons. The Hall–Kier alpha value is -3.69. The lowest BCUT2D eigenvalue weighted by Gasteiger charge is -2.14. The van der Waals surface area contributed by atoms with Crippen molar-refractivity contribution in [3.05, 3.63) is 119 Å². The van der Waals surface area contributed by atoms with Gasteiger partial charge >= 0.3 is 0 Å². The van der Waals surface area contributed by atoms with Gasteiger partial charge < -0.3 is 0 Å². The van der Waals surface area contributed by atoms with Crippen molar-refractivity contribution < 1.29 is 8.42 Å². The van der Waals surface area contributed by atoms with Gasteiger partial charge in [-0.25, -0.2) is 8.42 Å². The number of hydrogen-bond acceptors (Lipinski definition) is 2. The first kappa shape index (κ1) is 30.3. The molecule has 0 aliphatic heterocycles. The molecule has 2 nitrogen and oxygen atoms in total. The third kappa shape index (κ3) is 7.34. The van der Waals surface area contributed by atoms with E-state index in [2.05, 4.69) is 76.3 Å². The highest BCUT2D eigenvalue weighted by Gasteiger charge is 2.21. The predicted octanol–water partition coefficient (Wildman–Crippen LogP) is 10.9.